The molecule has 0 amide bonds. The van der Waals surface area contributed by atoms with Gasteiger partial charge in [0.2, 0.25) is 0 Å². The third kappa shape index (κ3) is 1.77. The lowest BCUT2D eigenvalue weighted by molar-refractivity contribution is 0.895. The van der Waals surface area contributed by atoms with Gasteiger partial charge in [-0.25, -0.2) is 0 Å². The van der Waals surface area contributed by atoms with Crippen molar-refractivity contribution in [1.29, 1.82) is 0 Å². The highest BCUT2D eigenvalue weighted by Crippen LogP contribution is 2.43. The first-order valence-electron chi connectivity index (χ1n) is 7.48. The van der Waals surface area contributed by atoms with Crippen molar-refractivity contribution >= 4 is 16.5 Å². The van der Waals surface area contributed by atoms with Gasteiger partial charge in [0.05, 0.1) is 0 Å². The molecule has 0 radical (unpaired) electrons. The number of fused-ring (bicyclic) bond motifs is 2. The molecule has 1 aromatic heterocycles. The van der Waals surface area contributed by atoms with Gasteiger partial charge in [-0.15, -0.1) is 0 Å². The first-order chi connectivity index (χ1) is 10.1. The molecule has 0 N–H and O–H groups in total. The van der Waals surface area contributed by atoms with E-state index in [9.17, 15) is 0 Å². The zero-order chi connectivity index (χ0) is 14.6. The second-order valence-corrected chi connectivity index (χ2v) is 6.13. The molecule has 0 aliphatic heterocycles. The van der Waals surface area contributed by atoms with Crippen molar-refractivity contribution in [3.63, 3.8) is 0 Å². The molecule has 0 bridgehead atoms. The van der Waals surface area contributed by atoms with Crippen molar-refractivity contribution in [1.82, 2.24) is 4.57 Å². The van der Waals surface area contributed by atoms with Crippen molar-refractivity contribution in [3.05, 3.63) is 77.5 Å². The molecule has 0 spiro atoms. The van der Waals surface area contributed by atoms with Gasteiger partial charge in [-0.1, -0.05) is 30.8 Å². The summed E-state index contributed by atoms with van der Waals surface area (Å²) in [7, 11) is 2.09. The average Bonchev–Trinajstić information content (AvgIpc) is 3.02. The smallest absolute Gasteiger partial charge is 0.0477 e. The predicted molar refractivity (Wildman–Crippen MR) is 89.6 cm³/mol. The summed E-state index contributed by atoms with van der Waals surface area (Å²) >= 11 is 0. The monoisotopic (exact) mass is 273 g/mol. The second kappa shape index (κ2) is 4.36. The fourth-order valence-corrected chi connectivity index (χ4v) is 3.62. The molecule has 1 heterocycles. The van der Waals surface area contributed by atoms with Crippen LogP contribution in [-0.4, -0.2) is 4.57 Å². The Bertz CT molecular complexity index is 867. The molecule has 21 heavy (non-hydrogen) atoms. The molecule has 1 nitrogen and oxygen atoms in total. The van der Waals surface area contributed by atoms with Crippen LogP contribution in [0.3, 0.4) is 0 Å². The third-order valence-electron chi connectivity index (χ3n) is 4.90. The minimum absolute atomic E-state index is 0.422. The van der Waals surface area contributed by atoms with Crippen LogP contribution in [0.1, 0.15) is 28.2 Å². The summed E-state index contributed by atoms with van der Waals surface area (Å²) < 4.78 is 2.17. The van der Waals surface area contributed by atoms with E-state index in [1.807, 2.05) is 0 Å². The Balaban J connectivity index is 1.80. The molecular formula is C20H19N. The van der Waals surface area contributed by atoms with Gasteiger partial charge >= 0.3 is 0 Å². The van der Waals surface area contributed by atoms with E-state index in [0.29, 0.717) is 5.92 Å². The van der Waals surface area contributed by atoms with E-state index in [4.69, 9.17) is 0 Å². The molecule has 1 aliphatic rings. The van der Waals surface area contributed by atoms with Gasteiger partial charge in [0.25, 0.3) is 0 Å². The number of aryl methyl sites for hydroxylation is 2. The average molecular weight is 273 g/mol. The van der Waals surface area contributed by atoms with Crippen LogP contribution in [0.4, 0.5) is 0 Å². The summed E-state index contributed by atoms with van der Waals surface area (Å²) in [6, 6.07) is 15.6. The Morgan fingerprint density at radius 2 is 2.00 bits per heavy atom. The van der Waals surface area contributed by atoms with Crippen LogP contribution in [0.5, 0.6) is 0 Å². The largest absolute Gasteiger partial charge is 0.351 e. The number of nitrogens with zero attached hydrogens (tertiary/aromatic N) is 1. The van der Waals surface area contributed by atoms with E-state index < -0.39 is 0 Å². The Morgan fingerprint density at radius 3 is 2.81 bits per heavy atom. The normalized spacial score (nSPS) is 17.4. The topological polar surface area (TPSA) is 4.93 Å². The molecule has 3 aromatic rings. The fraction of sp³-hybridized carbons (Fsp3) is 0.200. The minimum Gasteiger partial charge on any atom is -0.351 e. The SMILES string of the molecule is C=C1c2cccc(C)c2CC1c1ccc2c(ccn2C)c1. The number of hydrogen-bond donors (Lipinski definition) is 0. The van der Waals surface area contributed by atoms with E-state index in [-0.39, 0.29) is 0 Å². The van der Waals surface area contributed by atoms with Crippen molar-refractivity contribution in [2.45, 2.75) is 19.3 Å². The van der Waals surface area contributed by atoms with E-state index in [0.717, 1.165) is 6.42 Å². The molecule has 0 saturated heterocycles. The van der Waals surface area contributed by atoms with E-state index in [1.165, 1.54) is 38.7 Å². The van der Waals surface area contributed by atoms with E-state index in [1.54, 1.807) is 0 Å². The number of aromatic nitrogens is 1. The summed E-state index contributed by atoms with van der Waals surface area (Å²) in [5.41, 5.74) is 8.15. The standard InChI is InChI=1S/C20H19N/c1-13-5-4-6-17-14(2)19(12-18(13)17)15-7-8-20-16(11-15)9-10-21(20)3/h4-11,19H,2,12H2,1,3H3. The maximum absolute atomic E-state index is 4.37. The van der Waals surface area contributed by atoms with Gasteiger partial charge in [-0.05, 0) is 64.8 Å². The zero-order valence-electron chi connectivity index (χ0n) is 12.6. The molecule has 0 saturated carbocycles. The van der Waals surface area contributed by atoms with E-state index in [2.05, 4.69) is 73.8 Å². The first-order valence-corrected chi connectivity index (χ1v) is 7.48. The third-order valence-corrected chi connectivity index (χ3v) is 4.90. The molecule has 1 aliphatic carbocycles. The van der Waals surface area contributed by atoms with Crippen LogP contribution in [0.15, 0.2) is 55.2 Å². The lowest BCUT2D eigenvalue weighted by Crippen LogP contribution is -1.97. The van der Waals surface area contributed by atoms with E-state index >= 15 is 0 Å². The maximum Gasteiger partial charge on any atom is 0.0477 e. The number of hydrogen-bond acceptors (Lipinski definition) is 0. The van der Waals surface area contributed by atoms with Gasteiger partial charge < -0.3 is 4.57 Å². The highest BCUT2D eigenvalue weighted by Gasteiger charge is 2.27. The van der Waals surface area contributed by atoms with Crippen molar-refractivity contribution in [2.75, 3.05) is 0 Å². The molecule has 4 rings (SSSR count). The molecule has 2 aromatic carbocycles. The van der Waals surface area contributed by atoms with Crippen LogP contribution >= 0.6 is 0 Å². The Hall–Kier alpha value is -2.28. The van der Waals surface area contributed by atoms with Crippen molar-refractivity contribution < 1.29 is 0 Å². The second-order valence-electron chi connectivity index (χ2n) is 6.13. The van der Waals surface area contributed by atoms with Gasteiger partial charge in [-0.3, -0.25) is 0 Å². The minimum atomic E-state index is 0.422. The Kier molecular flexibility index (Phi) is 2.58. The lowest BCUT2D eigenvalue weighted by Gasteiger charge is -2.12. The van der Waals surface area contributed by atoms with Gasteiger partial charge in [0.1, 0.15) is 0 Å². The highest BCUT2D eigenvalue weighted by atomic mass is 14.9. The summed E-state index contributed by atoms with van der Waals surface area (Å²) in [4.78, 5) is 0. The summed E-state index contributed by atoms with van der Waals surface area (Å²) in [5, 5.41) is 1.32. The molecule has 1 unspecified atom stereocenters. The summed E-state index contributed by atoms with van der Waals surface area (Å²) in [6.07, 6.45) is 3.20. The highest BCUT2D eigenvalue weighted by molar-refractivity contribution is 5.84. The molecule has 0 fully saturated rings. The molecular weight excluding hydrogens is 254 g/mol. The zero-order valence-corrected chi connectivity index (χ0v) is 12.6. The number of rotatable bonds is 1. The van der Waals surface area contributed by atoms with Crippen LogP contribution in [0.2, 0.25) is 0 Å². The Labute approximate surface area is 125 Å². The summed E-state index contributed by atoms with van der Waals surface area (Å²) in [6.45, 7) is 6.58. The van der Waals surface area contributed by atoms with Crippen molar-refractivity contribution in [2.24, 2.45) is 7.05 Å². The predicted octanol–water partition coefficient (Wildman–Crippen LogP) is 4.84. The molecule has 104 valence electrons. The van der Waals surface area contributed by atoms with Crippen molar-refractivity contribution in [3.8, 4) is 0 Å². The quantitative estimate of drug-likeness (QED) is 0.598. The first kappa shape index (κ1) is 12.5. The van der Waals surface area contributed by atoms with Crippen LogP contribution < -0.4 is 0 Å². The fourth-order valence-electron chi connectivity index (χ4n) is 3.62. The summed E-state index contributed by atoms with van der Waals surface area (Å²) in [5.74, 6) is 0.422. The number of benzene rings is 2. The van der Waals surface area contributed by atoms with Crippen LogP contribution in [0.25, 0.3) is 16.5 Å². The van der Waals surface area contributed by atoms with Gasteiger partial charge in [-0.2, -0.15) is 0 Å². The van der Waals surface area contributed by atoms with Crippen LogP contribution in [-0.2, 0) is 13.5 Å². The number of allylic oxidation sites excluding steroid dienone is 1. The van der Waals surface area contributed by atoms with Gasteiger partial charge in [0, 0.05) is 24.7 Å². The maximum atomic E-state index is 4.37. The molecule has 1 atom stereocenters. The lowest BCUT2D eigenvalue weighted by atomic mass is 9.92. The van der Waals surface area contributed by atoms with Gasteiger partial charge in [0.15, 0.2) is 0 Å². The van der Waals surface area contributed by atoms with Crippen LogP contribution in [0, 0.1) is 6.92 Å². The molecule has 1 heteroatoms. The Morgan fingerprint density at radius 1 is 1.14 bits per heavy atom.